The van der Waals surface area contributed by atoms with E-state index >= 15 is 0 Å². The molecule has 2 aromatic carbocycles. The number of amides is 1. The van der Waals surface area contributed by atoms with Crippen molar-refractivity contribution >= 4 is 11.9 Å². The third-order valence-corrected chi connectivity index (χ3v) is 4.78. The minimum atomic E-state index is -0.552. The molecule has 0 atom stereocenters. The van der Waals surface area contributed by atoms with Gasteiger partial charge in [-0.25, -0.2) is 0 Å². The Morgan fingerprint density at radius 2 is 1.29 bits per heavy atom. The molecule has 186 valence electrons. The lowest BCUT2D eigenvalue weighted by Gasteiger charge is -2.23. The van der Waals surface area contributed by atoms with Crippen LogP contribution < -0.4 is 23.7 Å². The van der Waals surface area contributed by atoms with Crippen LogP contribution in [0.3, 0.4) is 0 Å². The van der Waals surface area contributed by atoms with Gasteiger partial charge in [0.05, 0.1) is 41.2 Å². The number of carbonyl (C=O) groups is 2. The lowest BCUT2D eigenvalue weighted by molar-refractivity contribution is -0.141. The van der Waals surface area contributed by atoms with Crippen molar-refractivity contribution in [3.8, 4) is 28.7 Å². The Hall–Kier alpha value is -3.62. The molecule has 0 spiro atoms. The fraction of sp³-hybridized carbons (Fsp3) is 0.440. The van der Waals surface area contributed by atoms with Gasteiger partial charge in [-0.3, -0.25) is 9.59 Å². The van der Waals surface area contributed by atoms with Gasteiger partial charge in [-0.1, -0.05) is 0 Å². The molecule has 9 nitrogen and oxygen atoms in total. The van der Waals surface area contributed by atoms with E-state index in [1.807, 2.05) is 20.8 Å². The van der Waals surface area contributed by atoms with Crippen molar-refractivity contribution < 1.29 is 38.0 Å². The van der Waals surface area contributed by atoms with Gasteiger partial charge in [0.1, 0.15) is 18.0 Å². The Bertz CT molecular complexity index is 926. The second kappa shape index (κ2) is 13.2. The maximum atomic E-state index is 13.6. The normalized spacial score (nSPS) is 10.3. The van der Waals surface area contributed by atoms with Crippen molar-refractivity contribution in [2.24, 2.45) is 0 Å². The van der Waals surface area contributed by atoms with E-state index in [0.29, 0.717) is 48.6 Å². The molecule has 2 aromatic rings. The molecule has 0 aliphatic heterocycles. The van der Waals surface area contributed by atoms with Gasteiger partial charge in [-0.05, 0) is 50.6 Å². The molecule has 0 aliphatic rings. The number of hydrogen-bond donors (Lipinski definition) is 0. The molecule has 0 bridgehead atoms. The molecule has 1 amide bonds. The van der Waals surface area contributed by atoms with Crippen LogP contribution in [0.15, 0.2) is 30.3 Å². The van der Waals surface area contributed by atoms with E-state index in [4.69, 9.17) is 28.4 Å². The zero-order valence-electron chi connectivity index (χ0n) is 20.6. The zero-order chi connectivity index (χ0) is 25.1. The first kappa shape index (κ1) is 26.6. The predicted molar refractivity (Wildman–Crippen MR) is 126 cm³/mol. The summed E-state index contributed by atoms with van der Waals surface area (Å²) in [5.74, 6) is 1.39. The van der Waals surface area contributed by atoms with Crippen LogP contribution in [0.25, 0.3) is 0 Å². The van der Waals surface area contributed by atoms with E-state index in [9.17, 15) is 9.59 Å². The van der Waals surface area contributed by atoms with Crippen molar-refractivity contribution in [1.29, 1.82) is 0 Å². The Kier molecular flexibility index (Phi) is 10.3. The number of benzene rings is 2. The van der Waals surface area contributed by atoms with Crippen molar-refractivity contribution in [3.63, 3.8) is 0 Å². The number of rotatable bonds is 13. The molecule has 0 aromatic heterocycles. The van der Waals surface area contributed by atoms with Crippen molar-refractivity contribution in [2.75, 3.05) is 47.7 Å². The molecular formula is C25H33NO8. The van der Waals surface area contributed by atoms with E-state index in [1.54, 1.807) is 44.6 Å². The Morgan fingerprint density at radius 3 is 1.74 bits per heavy atom. The molecule has 9 heteroatoms. The molecular weight excluding hydrogens is 442 g/mol. The minimum Gasteiger partial charge on any atom is -0.497 e. The van der Waals surface area contributed by atoms with Crippen LogP contribution in [-0.2, 0) is 16.1 Å². The summed E-state index contributed by atoms with van der Waals surface area (Å²) in [7, 11) is 4.36. The molecule has 0 unspecified atom stereocenters. The summed E-state index contributed by atoms with van der Waals surface area (Å²) in [6, 6.07) is 8.46. The molecule has 0 N–H and O–H groups in total. The molecule has 34 heavy (non-hydrogen) atoms. The Labute approximate surface area is 200 Å². The summed E-state index contributed by atoms with van der Waals surface area (Å²) in [6.07, 6.45) is 0. The highest BCUT2D eigenvalue weighted by Crippen LogP contribution is 2.39. The van der Waals surface area contributed by atoms with E-state index in [2.05, 4.69) is 0 Å². The second-order valence-electron chi connectivity index (χ2n) is 7.06. The molecule has 2 rings (SSSR count). The second-order valence-corrected chi connectivity index (χ2v) is 7.06. The van der Waals surface area contributed by atoms with E-state index in [0.717, 1.165) is 5.56 Å². The average Bonchev–Trinajstić information content (AvgIpc) is 2.84. The topological polar surface area (TPSA) is 92.8 Å². The minimum absolute atomic E-state index is 0.114. The van der Waals surface area contributed by atoms with E-state index in [-0.39, 0.29) is 18.7 Å². The average molecular weight is 476 g/mol. The maximum absolute atomic E-state index is 13.6. The van der Waals surface area contributed by atoms with Gasteiger partial charge in [0, 0.05) is 18.2 Å². The molecule has 0 saturated carbocycles. The van der Waals surface area contributed by atoms with Crippen LogP contribution in [-0.4, -0.2) is 64.5 Å². The highest BCUT2D eigenvalue weighted by Gasteiger charge is 2.24. The fourth-order valence-corrected chi connectivity index (χ4v) is 3.29. The number of methoxy groups -OCH3 is 3. The molecule has 0 aliphatic carbocycles. The Morgan fingerprint density at radius 1 is 0.765 bits per heavy atom. The highest BCUT2D eigenvalue weighted by atomic mass is 16.5. The quantitative estimate of drug-likeness (QED) is 0.405. The monoisotopic (exact) mass is 475 g/mol. The number of ether oxygens (including phenoxy) is 6. The van der Waals surface area contributed by atoms with Crippen LogP contribution in [0.4, 0.5) is 0 Å². The zero-order valence-corrected chi connectivity index (χ0v) is 20.6. The van der Waals surface area contributed by atoms with E-state index in [1.165, 1.54) is 12.0 Å². The van der Waals surface area contributed by atoms with Crippen molar-refractivity contribution in [3.05, 3.63) is 41.5 Å². The SMILES string of the molecule is CCOc1cc(C(=O)N(CC(=O)OC)Cc2cc(OC)cc(OC)c2)cc(OCC)c1OCC. The number of nitrogens with zero attached hydrogens (tertiary/aromatic N) is 1. The molecule has 0 fully saturated rings. The first-order chi connectivity index (χ1) is 16.4. The summed E-state index contributed by atoms with van der Waals surface area (Å²) >= 11 is 0. The van der Waals surface area contributed by atoms with Gasteiger partial charge in [-0.15, -0.1) is 0 Å². The van der Waals surface area contributed by atoms with Crippen LogP contribution in [0.1, 0.15) is 36.7 Å². The first-order valence-corrected chi connectivity index (χ1v) is 11.0. The van der Waals surface area contributed by atoms with Gasteiger partial charge in [0.25, 0.3) is 5.91 Å². The predicted octanol–water partition coefficient (Wildman–Crippen LogP) is 3.72. The van der Waals surface area contributed by atoms with Crippen LogP contribution in [0.2, 0.25) is 0 Å². The number of esters is 1. The number of carbonyl (C=O) groups excluding carboxylic acids is 2. The van der Waals surface area contributed by atoms with Crippen LogP contribution in [0, 0.1) is 0 Å². The lowest BCUT2D eigenvalue weighted by atomic mass is 10.1. The lowest BCUT2D eigenvalue weighted by Crippen LogP contribution is -2.35. The smallest absolute Gasteiger partial charge is 0.325 e. The summed E-state index contributed by atoms with van der Waals surface area (Å²) in [5.41, 5.74) is 1.00. The Balaban J connectivity index is 2.51. The van der Waals surface area contributed by atoms with Crippen LogP contribution >= 0.6 is 0 Å². The van der Waals surface area contributed by atoms with Crippen LogP contribution in [0.5, 0.6) is 28.7 Å². The van der Waals surface area contributed by atoms with Gasteiger partial charge in [-0.2, -0.15) is 0 Å². The van der Waals surface area contributed by atoms with Gasteiger partial charge in [0.15, 0.2) is 11.5 Å². The third kappa shape index (κ3) is 6.94. The summed E-state index contributed by atoms with van der Waals surface area (Å²) < 4.78 is 32.6. The third-order valence-electron chi connectivity index (χ3n) is 4.78. The van der Waals surface area contributed by atoms with Gasteiger partial charge < -0.3 is 33.3 Å². The molecule has 0 radical (unpaired) electrons. The maximum Gasteiger partial charge on any atom is 0.325 e. The largest absolute Gasteiger partial charge is 0.497 e. The molecule has 0 heterocycles. The molecule has 0 saturated heterocycles. The highest BCUT2D eigenvalue weighted by molar-refractivity contribution is 5.97. The summed E-state index contributed by atoms with van der Waals surface area (Å²) in [5, 5.41) is 0. The van der Waals surface area contributed by atoms with Gasteiger partial charge >= 0.3 is 5.97 Å². The summed E-state index contributed by atoms with van der Waals surface area (Å²) in [4.78, 5) is 27.1. The standard InChI is InChI=1S/C25H33NO8/c1-7-32-21-12-18(13-22(33-8-2)24(21)34-9-3)25(28)26(16-23(27)31-6)15-17-10-19(29-4)14-20(11-17)30-5/h10-14H,7-9,15-16H2,1-6H3. The fourth-order valence-electron chi connectivity index (χ4n) is 3.29. The van der Waals surface area contributed by atoms with Gasteiger partial charge in [0.2, 0.25) is 5.75 Å². The first-order valence-electron chi connectivity index (χ1n) is 11.0. The number of hydrogen-bond acceptors (Lipinski definition) is 8. The van der Waals surface area contributed by atoms with Crippen molar-refractivity contribution in [1.82, 2.24) is 4.90 Å². The van der Waals surface area contributed by atoms with Crippen molar-refractivity contribution in [2.45, 2.75) is 27.3 Å². The summed E-state index contributed by atoms with van der Waals surface area (Å²) in [6.45, 7) is 6.54. The van der Waals surface area contributed by atoms with E-state index < -0.39 is 11.9 Å².